The van der Waals surface area contributed by atoms with E-state index in [2.05, 4.69) is 54.0 Å². The molecule has 1 radical (unpaired) electrons. The summed E-state index contributed by atoms with van der Waals surface area (Å²) >= 11 is 0. The van der Waals surface area contributed by atoms with Crippen LogP contribution in [0.1, 0.15) is 25.0 Å². The van der Waals surface area contributed by atoms with Gasteiger partial charge in [0.1, 0.15) is 0 Å². The summed E-state index contributed by atoms with van der Waals surface area (Å²) in [6.45, 7) is 7.16. The predicted molar refractivity (Wildman–Crippen MR) is 112 cm³/mol. The van der Waals surface area contributed by atoms with Crippen molar-refractivity contribution in [1.29, 1.82) is 0 Å². The summed E-state index contributed by atoms with van der Waals surface area (Å²) in [6.07, 6.45) is 9.08. The third-order valence-electron chi connectivity index (χ3n) is 3.95. The molecule has 0 bridgehead atoms. The second-order valence-corrected chi connectivity index (χ2v) is 6.38. The monoisotopic (exact) mass is 552 g/mol. The Hall–Kier alpha value is -2.43. The molecule has 1 aliphatic heterocycles. The van der Waals surface area contributed by atoms with Crippen LogP contribution in [0.15, 0.2) is 72.8 Å². The van der Waals surface area contributed by atoms with Gasteiger partial charge in [-0.25, -0.2) is 6.08 Å². The summed E-state index contributed by atoms with van der Waals surface area (Å²) in [5, 5.41) is 8.36. The number of benzene rings is 1. The Bertz CT molecular complexity index is 855. The second-order valence-electron chi connectivity index (χ2n) is 6.38. The van der Waals surface area contributed by atoms with Crippen molar-refractivity contribution in [2.75, 3.05) is 4.81 Å². The maximum atomic E-state index is 10.0. The van der Waals surface area contributed by atoms with Crippen molar-refractivity contribution in [3.05, 3.63) is 89.9 Å². The molecule has 1 aromatic heterocycles. The summed E-state index contributed by atoms with van der Waals surface area (Å²) < 4.78 is 0. The summed E-state index contributed by atoms with van der Waals surface area (Å²) in [7, 11) is 0. The fraction of sp³-hybridized carbons (Fsp3) is 0.182. The molecule has 147 valence electrons. The number of rotatable bonds is 3. The Labute approximate surface area is 181 Å². The van der Waals surface area contributed by atoms with Crippen molar-refractivity contribution in [2.24, 2.45) is 0 Å². The van der Waals surface area contributed by atoms with Crippen LogP contribution in [0, 0.1) is 19.8 Å². The first-order valence-corrected chi connectivity index (χ1v) is 8.79. The summed E-state index contributed by atoms with van der Waals surface area (Å²) in [6, 6.07) is 12.4. The molecule has 0 atom stereocenters. The van der Waals surface area contributed by atoms with E-state index in [0.717, 1.165) is 5.59 Å². The molecule has 1 N–H and O–H groups in total. The van der Waals surface area contributed by atoms with Crippen LogP contribution in [-0.4, -0.2) is 22.7 Å². The Morgan fingerprint density at radius 1 is 1.14 bits per heavy atom. The van der Waals surface area contributed by atoms with E-state index in [1.807, 2.05) is 36.5 Å². The largest absolute Gasteiger partial charge is 0.512 e. The minimum absolute atomic E-state index is 0. The van der Waals surface area contributed by atoms with Gasteiger partial charge in [-0.2, -0.15) is 6.08 Å². The maximum Gasteiger partial charge on any atom is 0.233 e. The molecule has 6 heteroatoms. The van der Waals surface area contributed by atoms with Gasteiger partial charge in [0.05, 0.1) is 5.76 Å². The number of para-hydroxylation sites is 1. The van der Waals surface area contributed by atoms with Crippen molar-refractivity contribution in [2.45, 2.75) is 27.7 Å². The van der Waals surface area contributed by atoms with Gasteiger partial charge in [-0.1, -0.05) is 30.5 Å². The molecule has 4 nitrogen and oxygen atoms in total. The van der Waals surface area contributed by atoms with Crippen molar-refractivity contribution >= 4 is 23.9 Å². The van der Waals surface area contributed by atoms with Crippen LogP contribution in [-0.2, 0) is 24.9 Å². The Morgan fingerprint density at radius 3 is 2.32 bits per heavy atom. The SMILES string of the molecule is CC(=O)/C=C(/C)O.Cc1cccc(C)c1N1C=CC=[C-]B1c1ccccn1.[Ir]. The summed E-state index contributed by atoms with van der Waals surface area (Å²) in [4.78, 5) is 16.7. The zero-order valence-corrected chi connectivity index (χ0v) is 18.9. The standard InChI is InChI=1S/C17H16BN2.C5H8O2.Ir/c1-14-8-7-9-15(2)17(14)20-13-6-4-11-18(20)16-10-3-5-12-19-16;1-4(6)3-5(2)7;/h3-10,12-13H,1-2H3;3,6H,1-2H3;/q-1;;/b;4-3-;. The van der Waals surface area contributed by atoms with Gasteiger partial charge in [0.15, 0.2) is 5.78 Å². The molecule has 0 spiro atoms. The molecular weight excluding hydrogens is 527 g/mol. The number of aromatic nitrogens is 1. The van der Waals surface area contributed by atoms with Gasteiger partial charge in [-0.3, -0.25) is 15.8 Å². The first-order valence-electron chi connectivity index (χ1n) is 8.79. The van der Waals surface area contributed by atoms with E-state index < -0.39 is 0 Å². The molecule has 2 heterocycles. The molecule has 0 unspecified atom stereocenters. The minimum Gasteiger partial charge on any atom is -0.512 e. The van der Waals surface area contributed by atoms with Gasteiger partial charge in [0.2, 0.25) is 6.85 Å². The number of aryl methyl sites for hydroxylation is 2. The Kier molecular flexibility index (Phi) is 9.64. The van der Waals surface area contributed by atoms with E-state index in [4.69, 9.17) is 5.11 Å². The summed E-state index contributed by atoms with van der Waals surface area (Å²) in [5.74, 6) is 3.33. The van der Waals surface area contributed by atoms with Crippen LogP contribution in [0.2, 0.25) is 0 Å². The smallest absolute Gasteiger partial charge is 0.233 e. The number of hydrogen-bond donors (Lipinski definition) is 1. The van der Waals surface area contributed by atoms with E-state index in [0.29, 0.717) is 0 Å². The first kappa shape index (κ1) is 23.6. The van der Waals surface area contributed by atoms with Gasteiger partial charge >= 0.3 is 0 Å². The van der Waals surface area contributed by atoms with Crippen LogP contribution in [0.3, 0.4) is 0 Å². The van der Waals surface area contributed by atoms with Crippen LogP contribution < -0.4 is 10.4 Å². The zero-order chi connectivity index (χ0) is 19.8. The number of allylic oxidation sites excluding steroid dienone is 4. The normalized spacial score (nSPS) is 12.8. The van der Waals surface area contributed by atoms with Gasteiger partial charge in [0.25, 0.3) is 0 Å². The summed E-state index contributed by atoms with van der Waals surface area (Å²) in [5.41, 5.74) is 4.77. The number of aliphatic hydroxyl groups is 1. The number of aliphatic hydroxyl groups excluding tert-OH is 1. The molecule has 0 aliphatic carbocycles. The average Bonchev–Trinajstić information content (AvgIpc) is 2.62. The number of nitrogens with zero attached hydrogens (tertiary/aromatic N) is 2. The van der Waals surface area contributed by atoms with Gasteiger partial charge in [-0.05, 0) is 51.0 Å². The number of anilines is 1. The molecular formula is C22H24BIrN2O2-. The van der Waals surface area contributed by atoms with Gasteiger partial charge in [0, 0.05) is 43.7 Å². The predicted octanol–water partition coefficient (Wildman–Crippen LogP) is 3.86. The molecule has 28 heavy (non-hydrogen) atoms. The van der Waals surface area contributed by atoms with Crippen molar-refractivity contribution in [3.63, 3.8) is 0 Å². The average molecular weight is 551 g/mol. The number of pyridine rings is 1. The van der Waals surface area contributed by atoms with E-state index >= 15 is 0 Å². The molecule has 0 saturated heterocycles. The van der Waals surface area contributed by atoms with E-state index in [1.54, 1.807) is 0 Å². The van der Waals surface area contributed by atoms with Crippen LogP contribution in [0.5, 0.6) is 0 Å². The molecule has 2 aromatic rings. The third kappa shape index (κ3) is 6.63. The third-order valence-corrected chi connectivity index (χ3v) is 3.95. The van der Waals surface area contributed by atoms with Gasteiger partial charge < -0.3 is 9.92 Å². The van der Waals surface area contributed by atoms with E-state index in [1.165, 1.54) is 36.7 Å². The van der Waals surface area contributed by atoms with Crippen molar-refractivity contribution in [3.8, 4) is 0 Å². The molecule has 3 rings (SSSR count). The molecule has 1 aliphatic rings. The molecule has 0 amide bonds. The number of carbonyl (C=O) groups excluding carboxylic acids is 1. The number of hydrogen-bond acceptors (Lipinski definition) is 4. The Balaban J connectivity index is 0.000000425. The topological polar surface area (TPSA) is 53.4 Å². The Morgan fingerprint density at radius 2 is 1.82 bits per heavy atom. The first-order chi connectivity index (χ1) is 12.9. The van der Waals surface area contributed by atoms with Crippen molar-refractivity contribution < 1.29 is 30.0 Å². The van der Waals surface area contributed by atoms with E-state index in [9.17, 15) is 4.79 Å². The van der Waals surface area contributed by atoms with Crippen LogP contribution >= 0.6 is 0 Å². The molecule has 1 aromatic carbocycles. The van der Waals surface area contributed by atoms with Crippen LogP contribution in [0.25, 0.3) is 0 Å². The zero-order valence-electron chi connectivity index (χ0n) is 16.5. The maximum absolute atomic E-state index is 10.0. The molecule has 0 fully saturated rings. The van der Waals surface area contributed by atoms with Gasteiger partial charge in [-0.15, -0.1) is 0 Å². The van der Waals surface area contributed by atoms with Crippen LogP contribution in [0.4, 0.5) is 5.69 Å². The quantitative estimate of drug-likeness (QED) is 0.273. The number of carbonyl (C=O) groups is 1. The fourth-order valence-corrected chi connectivity index (χ4v) is 2.93. The minimum atomic E-state index is -0.125. The van der Waals surface area contributed by atoms with Crippen molar-refractivity contribution in [1.82, 2.24) is 4.98 Å². The fourth-order valence-electron chi connectivity index (χ4n) is 2.93. The number of ketones is 1. The molecule has 0 saturated carbocycles. The second kappa shape index (κ2) is 11.4. The van der Waals surface area contributed by atoms with E-state index in [-0.39, 0.29) is 38.5 Å².